The quantitative estimate of drug-likeness (QED) is 0.340. The predicted octanol–water partition coefficient (Wildman–Crippen LogP) is 8.36. The zero-order chi connectivity index (χ0) is 27.3. The Morgan fingerprint density at radius 3 is 2.36 bits per heavy atom. The number of rotatable bonds is 7. The van der Waals surface area contributed by atoms with Gasteiger partial charge in [-0.3, -0.25) is 4.79 Å². The molecule has 0 bridgehead atoms. The van der Waals surface area contributed by atoms with E-state index in [1.165, 1.54) is 43.2 Å². The van der Waals surface area contributed by atoms with Crippen LogP contribution in [-0.2, 0) is 22.6 Å². The minimum atomic E-state index is -0.220. The molecule has 0 saturated heterocycles. The molecule has 0 heterocycles. The average molecular weight is 527 g/mol. The van der Waals surface area contributed by atoms with Gasteiger partial charge < -0.3 is 9.47 Å². The molecule has 0 radical (unpaired) electrons. The van der Waals surface area contributed by atoms with E-state index in [0.717, 1.165) is 37.4 Å². The number of fused-ring (bicyclic) bond motifs is 5. The minimum Gasteiger partial charge on any atom is -0.497 e. The molecule has 3 fully saturated rings. The van der Waals surface area contributed by atoms with E-state index in [2.05, 4.69) is 62.4 Å². The molecule has 3 saturated carbocycles. The molecule has 0 spiro atoms. The van der Waals surface area contributed by atoms with E-state index in [-0.39, 0.29) is 16.2 Å². The van der Waals surface area contributed by atoms with E-state index in [1.54, 1.807) is 12.7 Å². The maximum Gasteiger partial charge on any atom is 0.136 e. The molecular weight excluding hydrogens is 480 g/mol. The van der Waals surface area contributed by atoms with Crippen molar-refractivity contribution < 1.29 is 14.3 Å². The third kappa shape index (κ3) is 4.40. The first kappa shape index (κ1) is 26.8. The number of carbonyl (C=O) groups excluding carboxylic acids is 1. The van der Waals surface area contributed by atoms with Gasteiger partial charge in [-0.25, -0.2) is 0 Å². The molecule has 0 N–H and O–H groups in total. The summed E-state index contributed by atoms with van der Waals surface area (Å²) in [6.07, 6.45) is 13.1. The Bertz CT molecular complexity index is 1220. The number of hydrogen-bond acceptors (Lipinski definition) is 3. The topological polar surface area (TPSA) is 35.5 Å². The number of hydrogen-bond donors (Lipinski definition) is 0. The van der Waals surface area contributed by atoms with Crippen LogP contribution in [0.5, 0.6) is 5.75 Å². The Hall–Kier alpha value is -2.39. The lowest BCUT2D eigenvalue weighted by atomic mass is 9.45. The van der Waals surface area contributed by atoms with E-state index in [0.29, 0.717) is 30.3 Å². The molecule has 2 aromatic carbocycles. The van der Waals surface area contributed by atoms with Crippen molar-refractivity contribution in [1.82, 2.24) is 0 Å². The Labute approximate surface area is 235 Å². The molecular formula is C36H46O3. The normalized spacial score (nSPS) is 37.3. The summed E-state index contributed by atoms with van der Waals surface area (Å²) in [6.45, 7) is 7.61. The fourth-order valence-corrected chi connectivity index (χ4v) is 9.78. The Kier molecular flexibility index (Phi) is 7.03. The maximum absolute atomic E-state index is 13.5. The lowest BCUT2D eigenvalue weighted by Crippen LogP contribution is -2.54. The zero-order valence-electron chi connectivity index (χ0n) is 24.4. The smallest absolute Gasteiger partial charge is 0.136 e. The predicted molar refractivity (Wildman–Crippen MR) is 157 cm³/mol. The van der Waals surface area contributed by atoms with Gasteiger partial charge in [0, 0.05) is 5.41 Å². The summed E-state index contributed by atoms with van der Waals surface area (Å²) in [5.41, 5.74) is 4.34. The van der Waals surface area contributed by atoms with Gasteiger partial charge in [0.2, 0.25) is 0 Å². The van der Waals surface area contributed by atoms with E-state index in [9.17, 15) is 4.79 Å². The fraction of sp³-hybridized carbons (Fsp3) is 0.583. The zero-order valence-corrected chi connectivity index (χ0v) is 24.4. The third-order valence-electron chi connectivity index (χ3n) is 12.1. The highest BCUT2D eigenvalue weighted by Gasteiger charge is 2.65. The number of methoxy groups -OCH3 is 1. The largest absolute Gasteiger partial charge is 0.497 e. The Balaban J connectivity index is 1.18. The van der Waals surface area contributed by atoms with Crippen LogP contribution < -0.4 is 4.74 Å². The first-order valence-corrected chi connectivity index (χ1v) is 15.3. The second-order valence-electron chi connectivity index (χ2n) is 13.6. The highest BCUT2D eigenvalue weighted by atomic mass is 16.5. The highest BCUT2D eigenvalue weighted by Crippen LogP contribution is 2.70. The van der Waals surface area contributed by atoms with Gasteiger partial charge in [0.05, 0.1) is 19.8 Å². The number of ketones is 1. The third-order valence-corrected chi connectivity index (χ3v) is 12.1. The Morgan fingerprint density at radius 2 is 1.64 bits per heavy atom. The molecule has 0 aliphatic heterocycles. The van der Waals surface area contributed by atoms with Crippen LogP contribution in [0.1, 0.15) is 83.3 Å². The second-order valence-corrected chi connectivity index (χ2v) is 13.6. The first-order valence-electron chi connectivity index (χ1n) is 15.3. The summed E-state index contributed by atoms with van der Waals surface area (Å²) in [5, 5.41) is 0. The number of Topliss-reactive ketones (excluding diaryl/α,β-unsaturated/α-hetero) is 1. The van der Waals surface area contributed by atoms with Crippen molar-refractivity contribution in [1.29, 1.82) is 0 Å². The van der Waals surface area contributed by atoms with Gasteiger partial charge in [0.1, 0.15) is 11.5 Å². The second kappa shape index (κ2) is 10.2. The van der Waals surface area contributed by atoms with Crippen LogP contribution in [-0.4, -0.2) is 19.0 Å². The molecule has 208 valence electrons. The van der Waals surface area contributed by atoms with Crippen LogP contribution in [0.4, 0.5) is 0 Å². The van der Waals surface area contributed by atoms with Crippen LogP contribution in [0.25, 0.3) is 0 Å². The van der Waals surface area contributed by atoms with Crippen molar-refractivity contribution in [2.75, 3.05) is 7.11 Å². The van der Waals surface area contributed by atoms with Crippen LogP contribution >= 0.6 is 0 Å². The molecule has 3 heteroatoms. The molecule has 0 aromatic heterocycles. The number of ether oxygens (including phenoxy) is 2. The van der Waals surface area contributed by atoms with Crippen LogP contribution in [0.15, 0.2) is 66.2 Å². The van der Waals surface area contributed by atoms with Gasteiger partial charge in [-0.15, -0.1) is 0 Å². The summed E-state index contributed by atoms with van der Waals surface area (Å²) in [5.74, 6) is 3.38. The first-order chi connectivity index (χ1) is 18.8. The SMILES string of the molecule is COc1ccc(COC2CCC3(C)C(=CCC4C3CCC3(C)C4CCC3(Cc3ccccc3)C(C)=O)C2)cc1. The van der Waals surface area contributed by atoms with E-state index < -0.39 is 0 Å². The van der Waals surface area contributed by atoms with E-state index in [4.69, 9.17) is 9.47 Å². The molecule has 4 aliphatic rings. The number of allylic oxidation sites excluding steroid dienone is 1. The van der Waals surface area contributed by atoms with Gasteiger partial charge in [-0.05, 0) is 117 Å². The summed E-state index contributed by atoms with van der Waals surface area (Å²) >= 11 is 0. The molecule has 3 nitrogen and oxygen atoms in total. The van der Waals surface area contributed by atoms with Gasteiger partial charge in [0.15, 0.2) is 0 Å². The van der Waals surface area contributed by atoms with Crippen molar-refractivity contribution in [3.8, 4) is 5.75 Å². The maximum atomic E-state index is 13.5. The molecule has 7 atom stereocenters. The summed E-state index contributed by atoms with van der Waals surface area (Å²) in [7, 11) is 1.71. The molecule has 0 amide bonds. The standard InChI is InChI=1S/C36H46O3/c1-25(37)36(23-26-8-6-5-7-9-26)21-18-33-31-15-12-28-22-30(39-24-27-10-13-29(38-4)14-11-27)16-19-34(28,2)32(31)17-20-35(33,36)3/h5-14,30-33H,15-24H2,1-4H3. The summed E-state index contributed by atoms with van der Waals surface area (Å²) < 4.78 is 11.7. The van der Waals surface area contributed by atoms with Crippen molar-refractivity contribution in [3.05, 3.63) is 77.4 Å². The van der Waals surface area contributed by atoms with Crippen molar-refractivity contribution in [3.63, 3.8) is 0 Å². The van der Waals surface area contributed by atoms with Crippen molar-refractivity contribution in [2.24, 2.45) is 34.0 Å². The molecule has 7 unspecified atom stereocenters. The summed E-state index contributed by atoms with van der Waals surface area (Å²) in [4.78, 5) is 13.5. The van der Waals surface area contributed by atoms with Gasteiger partial charge in [0.25, 0.3) is 0 Å². The monoisotopic (exact) mass is 526 g/mol. The molecule has 6 rings (SSSR count). The highest BCUT2D eigenvalue weighted by molar-refractivity contribution is 5.84. The number of carbonyl (C=O) groups is 1. The molecule has 2 aromatic rings. The van der Waals surface area contributed by atoms with E-state index in [1.807, 2.05) is 19.1 Å². The number of benzene rings is 2. The lowest BCUT2D eigenvalue weighted by Gasteiger charge is -2.59. The van der Waals surface area contributed by atoms with Crippen LogP contribution in [0.2, 0.25) is 0 Å². The average Bonchev–Trinajstić information content (AvgIpc) is 3.25. The Morgan fingerprint density at radius 1 is 0.897 bits per heavy atom. The van der Waals surface area contributed by atoms with Crippen LogP contribution in [0.3, 0.4) is 0 Å². The van der Waals surface area contributed by atoms with Crippen LogP contribution in [0, 0.1) is 34.0 Å². The van der Waals surface area contributed by atoms with Gasteiger partial charge >= 0.3 is 0 Å². The van der Waals surface area contributed by atoms with Gasteiger partial charge in [-0.2, -0.15) is 0 Å². The lowest BCUT2D eigenvalue weighted by molar-refractivity contribution is -0.140. The van der Waals surface area contributed by atoms with Crippen molar-refractivity contribution >= 4 is 5.78 Å². The van der Waals surface area contributed by atoms with Gasteiger partial charge in [-0.1, -0.05) is 68.0 Å². The molecule has 4 aliphatic carbocycles. The van der Waals surface area contributed by atoms with Crippen molar-refractivity contribution in [2.45, 2.75) is 91.3 Å². The molecule has 39 heavy (non-hydrogen) atoms. The van der Waals surface area contributed by atoms with E-state index >= 15 is 0 Å². The fourth-order valence-electron chi connectivity index (χ4n) is 9.78. The summed E-state index contributed by atoms with van der Waals surface area (Å²) in [6, 6.07) is 19.0. The minimum absolute atomic E-state index is 0.0935.